The summed E-state index contributed by atoms with van der Waals surface area (Å²) in [7, 11) is 1.64. The van der Waals surface area contributed by atoms with Crippen molar-refractivity contribution in [3.63, 3.8) is 0 Å². The molecule has 2 aromatic heterocycles. The van der Waals surface area contributed by atoms with Gasteiger partial charge < -0.3 is 20.7 Å². The molecule has 3 heterocycles. The fourth-order valence-electron chi connectivity index (χ4n) is 3.29. The van der Waals surface area contributed by atoms with Crippen LogP contribution in [0.1, 0.15) is 22.5 Å². The molecule has 28 heavy (non-hydrogen) atoms. The highest BCUT2D eigenvalue weighted by atomic mass is 16.3. The summed E-state index contributed by atoms with van der Waals surface area (Å²) in [4.78, 5) is 32.6. The van der Waals surface area contributed by atoms with Crippen molar-refractivity contribution >= 4 is 22.7 Å². The Morgan fingerprint density at radius 1 is 1.36 bits per heavy atom. The molecule has 140 valence electrons. The van der Waals surface area contributed by atoms with Crippen molar-refractivity contribution in [1.82, 2.24) is 14.9 Å². The van der Waals surface area contributed by atoms with Gasteiger partial charge in [0.1, 0.15) is 0 Å². The number of amides is 2. The number of benzene rings is 1. The number of carbonyl (C=O) groups is 2. The van der Waals surface area contributed by atoms with Gasteiger partial charge in [0.2, 0.25) is 5.60 Å². The van der Waals surface area contributed by atoms with Gasteiger partial charge >= 0.3 is 0 Å². The van der Waals surface area contributed by atoms with E-state index in [0.717, 1.165) is 10.9 Å². The second-order valence-corrected chi connectivity index (χ2v) is 6.83. The summed E-state index contributed by atoms with van der Waals surface area (Å²) < 4.78 is 0. The number of rotatable bonds is 2. The highest BCUT2D eigenvalue weighted by Gasteiger charge is 2.42. The average Bonchev–Trinajstić information content (AvgIpc) is 3.26. The highest BCUT2D eigenvalue weighted by Crippen LogP contribution is 2.25. The van der Waals surface area contributed by atoms with Crippen LogP contribution in [0.3, 0.4) is 0 Å². The van der Waals surface area contributed by atoms with Gasteiger partial charge in [-0.2, -0.15) is 0 Å². The van der Waals surface area contributed by atoms with Crippen molar-refractivity contribution in [2.75, 3.05) is 13.6 Å². The molecule has 1 aliphatic heterocycles. The monoisotopic (exact) mass is 374 g/mol. The van der Waals surface area contributed by atoms with E-state index in [0.29, 0.717) is 23.3 Å². The van der Waals surface area contributed by atoms with Gasteiger partial charge in [-0.15, -0.1) is 0 Å². The Kier molecular flexibility index (Phi) is 4.13. The predicted octanol–water partition coefficient (Wildman–Crippen LogP) is 1.27. The van der Waals surface area contributed by atoms with Gasteiger partial charge in [0.15, 0.2) is 5.69 Å². The van der Waals surface area contributed by atoms with Crippen molar-refractivity contribution in [2.45, 2.75) is 12.0 Å². The zero-order valence-electron chi connectivity index (χ0n) is 15.2. The summed E-state index contributed by atoms with van der Waals surface area (Å²) in [6.07, 6.45) is 2.00. The molecule has 1 atom stereocenters. The molecule has 7 nitrogen and oxygen atoms in total. The van der Waals surface area contributed by atoms with Crippen LogP contribution >= 0.6 is 0 Å². The zero-order valence-corrected chi connectivity index (χ0v) is 15.2. The number of hydrogen-bond acceptors (Lipinski definition) is 4. The van der Waals surface area contributed by atoms with E-state index in [9.17, 15) is 14.7 Å². The minimum absolute atomic E-state index is 0.169. The van der Waals surface area contributed by atoms with Crippen LogP contribution in [0.25, 0.3) is 22.2 Å². The summed E-state index contributed by atoms with van der Waals surface area (Å²) in [5.41, 5.74) is 6.55. The molecule has 1 fully saturated rings. The lowest BCUT2D eigenvalue weighted by Crippen LogP contribution is -2.37. The second kappa shape index (κ2) is 6.51. The normalized spacial score (nSPS) is 18.9. The SMILES string of the molecule is CN1CCC(O)(C#Cc2cccc(-c3cc4cc[nH]c4c(C(N)=O)n3)c2)C1=O. The number of pyridine rings is 1. The molecule has 0 spiro atoms. The maximum absolute atomic E-state index is 12.1. The molecule has 0 saturated carbocycles. The summed E-state index contributed by atoms with van der Waals surface area (Å²) in [5.74, 6) is 4.59. The van der Waals surface area contributed by atoms with E-state index in [1.54, 1.807) is 31.4 Å². The number of primary amides is 1. The van der Waals surface area contributed by atoms with E-state index in [1.165, 1.54) is 4.90 Å². The van der Waals surface area contributed by atoms with Crippen molar-refractivity contribution in [2.24, 2.45) is 5.73 Å². The summed E-state index contributed by atoms with van der Waals surface area (Å²) in [5, 5.41) is 11.3. The van der Waals surface area contributed by atoms with Gasteiger partial charge in [0, 0.05) is 42.7 Å². The maximum atomic E-state index is 12.1. The van der Waals surface area contributed by atoms with Crippen molar-refractivity contribution < 1.29 is 14.7 Å². The molecule has 1 aromatic carbocycles. The smallest absolute Gasteiger partial charge is 0.269 e. The summed E-state index contributed by atoms with van der Waals surface area (Å²) in [6.45, 7) is 0.473. The standard InChI is InChI=1S/C21H18N4O3/c1-25-10-8-21(28,20(25)27)7-5-13-3-2-4-14(11-13)16-12-15-6-9-23-17(15)18(24-16)19(22)26/h2-4,6,9,11-12,23,28H,8,10H2,1H3,(H2,22,26). The topological polar surface area (TPSA) is 112 Å². The van der Waals surface area contributed by atoms with Crippen LogP contribution in [0.15, 0.2) is 42.6 Å². The number of aromatic amines is 1. The second-order valence-electron chi connectivity index (χ2n) is 6.83. The van der Waals surface area contributed by atoms with Crippen LogP contribution in [0.5, 0.6) is 0 Å². The number of hydrogen-bond donors (Lipinski definition) is 3. The Hall–Kier alpha value is -3.63. The first-order valence-corrected chi connectivity index (χ1v) is 8.77. The lowest BCUT2D eigenvalue weighted by molar-refractivity contribution is -0.137. The number of nitrogens with two attached hydrogens (primary N) is 1. The number of nitrogens with zero attached hydrogens (tertiary/aromatic N) is 2. The van der Waals surface area contributed by atoms with Crippen LogP contribution in [0.4, 0.5) is 0 Å². The van der Waals surface area contributed by atoms with Gasteiger partial charge in [-0.3, -0.25) is 9.59 Å². The minimum atomic E-state index is -1.65. The van der Waals surface area contributed by atoms with E-state index in [4.69, 9.17) is 5.73 Å². The number of aromatic nitrogens is 2. The number of likely N-dealkylation sites (tertiary alicyclic amines) is 1. The third-order valence-electron chi connectivity index (χ3n) is 4.86. The molecular formula is C21H18N4O3. The first-order valence-electron chi connectivity index (χ1n) is 8.77. The van der Waals surface area contributed by atoms with E-state index >= 15 is 0 Å². The number of fused-ring (bicyclic) bond motifs is 1. The summed E-state index contributed by atoms with van der Waals surface area (Å²) in [6, 6.07) is 10.9. The fourth-order valence-corrected chi connectivity index (χ4v) is 3.29. The van der Waals surface area contributed by atoms with E-state index in [1.807, 2.05) is 18.2 Å². The summed E-state index contributed by atoms with van der Waals surface area (Å²) >= 11 is 0. The molecule has 0 aliphatic carbocycles. The zero-order chi connectivity index (χ0) is 19.9. The molecule has 1 unspecified atom stereocenters. The number of likely N-dealkylation sites (N-methyl/N-ethyl adjacent to an activating group) is 1. The fraction of sp³-hybridized carbons (Fsp3) is 0.190. The Morgan fingerprint density at radius 2 is 2.18 bits per heavy atom. The van der Waals surface area contributed by atoms with Crippen LogP contribution in [0.2, 0.25) is 0 Å². The maximum Gasteiger partial charge on any atom is 0.269 e. The Bertz CT molecular complexity index is 1170. The Balaban J connectivity index is 1.73. The van der Waals surface area contributed by atoms with Crippen molar-refractivity contribution in [3.05, 3.63) is 53.9 Å². The largest absolute Gasteiger partial charge is 0.369 e. The van der Waals surface area contributed by atoms with E-state index in [2.05, 4.69) is 21.8 Å². The molecule has 3 aromatic rings. The van der Waals surface area contributed by atoms with Crippen molar-refractivity contribution in [1.29, 1.82) is 0 Å². The number of H-pyrrole nitrogens is 1. The van der Waals surface area contributed by atoms with E-state index < -0.39 is 11.5 Å². The van der Waals surface area contributed by atoms with Crippen LogP contribution in [0, 0.1) is 11.8 Å². The lowest BCUT2D eigenvalue weighted by atomic mass is 10.0. The molecule has 4 rings (SSSR count). The Morgan fingerprint density at radius 3 is 2.89 bits per heavy atom. The molecule has 1 aliphatic rings. The molecule has 1 saturated heterocycles. The first-order chi connectivity index (χ1) is 13.4. The predicted molar refractivity (Wildman–Crippen MR) is 104 cm³/mol. The van der Waals surface area contributed by atoms with Crippen LogP contribution in [-0.2, 0) is 4.79 Å². The number of carbonyl (C=O) groups excluding carboxylic acids is 2. The minimum Gasteiger partial charge on any atom is -0.369 e. The van der Waals surface area contributed by atoms with Crippen LogP contribution in [-0.4, -0.2) is 51.0 Å². The van der Waals surface area contributed by atoms with Crippen LogP contribution < -0.4 is 5.73 Å². The Labute approximate surface area is 161 Å². The molecule has 2 amide bonds. The molecular weight excluding hydrogens is 356 g/mol. The van der Waals surface area contributed by atoms with Gasteiger partial charge in [0.05, 0.1) is 11.2 Å². The average molecular weight is 374 g/mol. The molecule has 4 N–H and O–H groups in total. The highest BCUT2D eigenvalue weighted by molar-refractivity contribution is 6.04. The van der Waals surface area contributed by atoms with Crippen molar-refractivity contribution in [3.8, 4) is 23.1 Å². The van der Waals surface area contributed by atoms with Gasteiger partial charge in [0.25, 0.3) is 11.8 Å². The molecule has 7 heteroatoms. The lowest BCUT2D eigenvalue weighted by Gasteiger charge is -2.13. The first kappa shape index (κ1) is 17.8. The third kappa shape index (κ3) is 3.00. The molecule has 0 radical (unpaired) electrons. The third-order valence-corrected chi connectivity index (χ3v) is 4.86. The quantitative estimate of drug-likeness (QED) is 0.587. The van der Waals surface area contributed by atoms with E-state index in [-0.39, 0.29) is 18.0 Å². The van der Waals surface area contributed by atoms with Gasteiger partial charge in [-0.25, -0.2) is 4.98 Å². The molecule has 0 bridgehead atoms. The van der Waals surface area contributed by atoms with Gasteiger partial charge in [-0.1, -0.05) is 24.0 Å². The number of nitrogens with one attached hydrogen (secondary N) is 1. The van der Waals surface area contributed by atoms with Gasteiger partial charge in [-0.05, 0) is 24.3 Å². The number of aliphatic hydroxyl groups is 1.